The molecule has 4 nitrogen and oxygen atoms in total. The molecule has 0 saturated heterocycles. The van der Waals surface area contributed by atoms with Crippen LogP contribution in [0.25, 0.3) is 0 Å². The highest BCUT2D eigenvalue weighted by Gasteiger charge is 2.33. The first-order valence-electron chi connectivity index (χ1n) is 4.74. The second kappa shape index (κ2) is 5.32. The third-order valence-corrected chi connectivity index (χ3v) is 2.64. The van der Waals surface area contributed by atoms with E-state index in [1.165, 1.54) is 7.11 Å². The molecule has 0 aromatic heterocycles. The van der Waals surface area contributed by atoms with E-state index in [4.69, 9.17) is 9.84 Å². The molecule has 0 spiro atoms. The first-order valence-corrected chi connectivity index (χ1v) is 5.53. The van der Waals surface area contributed by atoms with Crippen LogP contribution >= 0.6 is 15.9 Å². The molecule has 0 heterocycles. The van der Waals surface area contributed by atoms with E-state index >= 15 is 0 Å². The van der Waals surface area contributed by atoms with Gasteiger partial charge in [0, 0.05) is 17.3 Å². The van der Waals surface area contributed by atoms with E-state index in [1.807, 2.05) is 24.3 Å². The van der Waals surface area contributed by atoms with Crippen molar-refractivity contribution in [3.8, 4) is 0 Å². The van der Waals surface area contributed by atoms with Crippen molar-refractivity contribution in [1.29, 1.82) is 0 Å². The number of rotatable bonds is 5. The first kappa shape index (κ1) is 13.0. The van der Waals surface area contributed by atoms with Crippen LogP contribution in [0.15, 0.2) is 28.7 Å². The van der Waals surface area contributed by atoms with Gasteiger partial charge in [-0.15, -0.1) is 0 Å². The van der Waals surface area contributed by atoms with Gasteiger partial charge < -0.3 is 15.2 Å². The highest BCUT2D eigenvalue weighted by Crippen LogP contribution is 2.20. The van der Waals surface area contributed by atoms with E-state index < -0.39 is 11.5 Å². The highest BCUT2D eigenvalue weighted by molar-refractivity contribution is 9.10. The van der Waals surface area contributed by atoms with Crippen LogP contribution in [0.5, 0.6) is 0 Å². The SMILES string of the molecule is COCC(C)(Nc1cccc(Br)c1)C(=O)O. The molecule has 1 aromatic rings. The van der Waals surface area contributed by atoms with Gasteiger partial charge in [0.1, 0.15) is 0 Å². The minimum atomic E-state index is -1.13. The van der Waals surface area contributed by atoms with E-state index in [2.05, 4.69) is 21.2 Å². The van der Waals surface area contributed by atoms with Crippen molar-refractivity contribution < 1.29 is 14.6 Å². The number of carbonyl (C=O) groups is 1. The summed E-state index contributed by atoms with van der Waals surface area (Å²) in [6.45, 7) is 1.68. The molecule has 0 amide bonds. The van der Waals surface area contributed by atoms with Crippen LogP contribution in [0.2, 0.25) is 0 Å². The number of anilines is 1. The normalized spacial score (nSPS) is 14.2. The number of halogens is 1. The van der Waals surface area contributed by atoms with E-state index in [0.717, 1.165) is 10.2 Å². The highest BCUT2D eigenvalue weighted by atomic mass is 79.9. The molecule has 1 rings (SSSR count). The predicted octanol–water partition coefficient (Wildman–Crippen LogP) is 2.35. The summed E-state index contributed by atoms with van der Waals surface area (Å²) in [6, 6.07) is 7.33. The van der Waals surface area contributed by atoms with Crippen LogP contribution in [-0.4, -0.2) is 30.3 Å². The van der Waals surface area contributed by atoms with Crippen molar-refractivity contribution in [2.45, 2.75) is 12.5 Å². The quantitative estimate of drug-likeness (QED) is 0.873. The molecule has 1 aromatic carbocycles. The van der Waals surface area contributed by atoms with E-state index in [0.29, 0.717) is 0 Å². The van der Waals surface area contributed by atoms with Crippen LogP contribution in [-0.2, 0) is 9.53 Å². The average Bonchev–Trinajstić information content (AvgIpc) is 2.17. The van der Waals surface area contributed by atoms with Gasteiger partial charge in [0.05, 0.1) is 6.61 Å². The molecule has 0 aliphatic carbocycles. The fourth-order valence-corrected chi connectivity index (χ4v) is 1.72. The van der Waals surface area contributed by atoms with Crippen LogP contribution < -0.4 is 5.32 Å². The zero-order chi connectivity index (χ0) is 12.2. The van der Waals surface area contributed by atoms with Gasteiger partial charge in [0.25, 0.3) is 0 Å². The Morgan fingerprint density at radius 3 is 2.81 bits per heavy atom. The molecule has 0 bridgehead atoms. The summed E-state index contributed by atoms with van der Waals surface area (Å²) in [5, 5.41) is 12.1. The third-order valence-electron chi connectivity index (χ3n) is 2.15. The van der Waals surface area contributed by atoms with Crippen LogP contribution in [0, 0.1) is 0 Å². The number of carboxylic acids is 1. The smallest absolute Gasteiger partial charge is 0.331 e. The topological polar surface area (TPSA) is 58.6 Å². The van der Waals surface area contributed by atoms with Gasteiger partial charge in [-0.3, -0.25) is 0 Å². The third kappa shape index (κ3) is 3.21. The van der Waals surface area contributed by atoms with Gasteiger partial charge in [-0.25, -0.2) is 4.79 Å². The molecule has 1 atom stereocenters. The maximum absolute atomic E-state index is 11.1. The summed E-state index contributed by atoms with van der Waals surface area (Å²) >= 11 is 3.33. The van der Waals surface area contributed by atoms with Crippen molar-refractivity contribution in [3.63, 3.8) is 0 Å². The predicted molar refractivity (Wildman–Crippen MR) is 65.7 cm³/mol. The van der Waals surface area contributed by atoms with Crippen LogP contribution in [0.3, 0.4) is 0 Å². The maximum Gasteiger partial charge on any atom is 0.331 e. The Hall–Kier alpha value is -1.07. The van der Waals surface area contributed by atoms with Crippen molar-refractivity contribution in [1.82, 2.24) is 0 Å². The van der Waals surface area contributed by atoms with Gasteiger partial charge in [0.15, 0.2) is 5.54 Å². The Labute approximate surface area is 103 Å². The standard InChI is InChI=1S/C11H14BrNO3/c1-11(7-16-2,10(14)15)13-9-5-3-4-8(12)6-9/h3-6,13H,7H2,1-2H3,(H,14,15). The van der Waals surface area contributed by atoms with Crippen LogP contribution in [0.4, 0.5) is 5.69 Å². The first-order chi connectivity index (χ1) is 7.48. The second-order valence-corrected chi connectivity index (χ2v) is 4.62. The fraction of sp³-hybridized carbons (Fsp3) is 0.364. The number of carboxylic acid groups (broad SMARTS) is 1. The summed E-state index contributed by atoms with van der Waals surface area (Å²) in [5.41, 5.74) is -0.397. The fourth-order valence-electron chi connectivity index (χ4n) is 1.32. The lowest BCUT2D eigenvalue weighted by Crippen LogP contribution is -2.47. The van der Waals surface area contributed by atoms with Gasteiger partial charge >= 0.3 is 5.97 Å². The van der Waals surface area contributed by atoms with Gasteiger partial charge in [0.2, 0.25) is 0 Å². The molecule has 2 N–H and O–H groups in total. The molecule has 5 heteroatoms. The molecular formula is C11H14BrNO3. The van der Waals surface area contributed by atoms with Crippen LogP contribution in [0.1, 0.15) is 6.92 Å². The van der Waals surface area contributed by atoms with Crippen molar-refractivity contribution in [3.05, 3.63) is 28.7 Å². The lowest BCUT2D eigenvalue weighted by atomic mass is 10.0. The number of aliphatic carboxylic acids is 1. The Bertz CT molecular complexity index is 383. The number of benzene rings is 1. The lowest BCUT2D eigenvalue weighted by Gasteiger charge is -2.26. The van der Waals surface area contributed by atoms with Gasteiger partial charge in [-0.1, -0.05) is 22.0 Å². The largest absolute Gasteiger partial charge is 0.479 e. The molecule has 0 aliphatic heterocycles. The minimum absolute atomic E-state index is 0.0921. The number of methoxy groups -OCH3 is 1. The zero-order valence-corrected chi connectivity index (χ0v) is 10.7. The van der Waals surface area contributed by atoms with Gasteiger partial charge in [-0.05, 0) is 25.1 Å². The van der Waals surface area contributed by atoms with E-state index in [1.54, 1.807) is 6.92 Å². The Morgan fingerprint density at radius 2 is 2.31 bits per heavy atom. The number of ether oxygens (including phenoxy) is 1. The maximum atomic E-state index is 11.1. The Morgan fingerprint density at radius 1 is 1.62 bits per heavy atom. The molecule has 0 aliphatic rings. The van der Waals surface area contributed by atoms with Crippen molar-refractivity contribution in [2.75, 3.05) is 19.0 Å². The molecule has 1 unspecified atom stereocenters. The summed E-state index contributed by atoms with van der Waals surface area (Å²) in [7, 11) is 1.48. The summed E-state index contributed by atoms with van der Waals surface area (Å²) in [4.78, 5) is 11.1. The zero-order valence-electron chi connectivity index (χ0n) is 9.16. The lowest BCUT2D eigenvalue weighted by molar-refractivity contribution is -0.143. The molecule has 88 valence electrons. The van der Waals surface area contributed by atoms with Gasteiger partial charge in [-0.2, -0.15) is 0 Å². The summed E-state index contributed by atoms with van der Waals surface area (Å²) < 4.78 is 5.81. The molecule has 0 saturated carbocycles. The van der Waals surface area contributed by atoms with E-state index in [-0.39, 0.29) is 6.61 Å². The summed E-state index contributed by atoms with van der Waals surface area (Å²) in [5.74, 6) is -0.950. The summed E-state index contributed by atoms with van der Waals surface area (Å²) in [6.07, 6.45) is 0. The molecule has 0 radical (unpaired) electrons. The Kier molecular flexibility index (Phi) is 4.32. The van der Waals surface area contributed by atoms with Crippen molar-refractivity contribution >= 4 is 27.6 Å². The number of hydrogen-bond acceptors (Lipinski definition) is 3. The molecular weight excluding hydrogens is 274 g/mol. The number of nitrogens with one attached hydrogen (secondary N) is 1. The monoisotopic (exact) mass is 287 g/mol. The molecule has 16 heavy (non-hydrogen) atoms. The molecule has 0 fully saturated rings. The second-order valence-electron chi connectivity index (χ2n) is 3.71. The average molecular weight is 288 g/mol. The van der Waals surface area contributed by atoms with E-state index in [9.17, 15) is 4.79 Å². The Balaban J connectivity index is 2.87. The minimum Gasteiger partial charge on any atom is -0.479 e. The van der Waals surface area contributed by atoms with Crippen molar-refractivity contribution in [2.24, 2.45) is 0 Å². The number of hydrogen-bond donors (Lipinski definition) is 2.